The van der Waals surface area contributed by atoms with Crippen molar-refractivity contribution in [1.82, 2.24) is 10.2 Å². The summed E-state index contributed by atoms with van der Waals surface area (Å²) < 4.78 is 0.413. The predicted molar refractivity (Wildman–Crippen MR) is 59.9 cm³/mol. The Morgan fingerprint density at radius 1 is 1.67 bits per heavy atom. The normalized spacial score (nSPS) is 10.8. The molecule has 0 aliphatic rings. The van der Waals surface area contributed by atoms with Gasteiger partial charge in [-0.3, -0.25) is 15.2 Å². The van der Waals surface area contributed by atoms with Crippen LogP contribution in [0.2, 0.25) is 5.02 Å². The average molecular weight is 291 g/mol. The Bertz CT molecular complexity index is 568. The molecule has 0 saturated heterocycles. The summed E-state index contributed by atoms with van der Waals surface area (Å²) in [6.07, 6.45) is 0. The van der Waals surface area contributed by atoms with Crippen LogP contribution in [0.4, 0.5) is 11.5 Å². The summed E-state index contributed by atoms with van der Waals surface area (Å²) in [7, 11) is 0. The second-order valence-electron chi connectivity index (χ2n) is 2.81. The number of hydrogen-bond acceptors (Lipinski definition) is 4. The lowest BCUT2D eigenvalue weighted by Crippen LogP contribution is -1.92. The Morgan fingerprint density at radius 3 is 2.93 bits per heavy atom. The van der Waals surface area contributed by atoms with Crippen LogP contribution < -0.4 is 5.73 Å². The summed E-state index contributed by atoms with van der Waals surface area (Å²) >= 11 is 8.92. The summed E-state index contributed by atoms with van der Waals surface area (Å²) in [4.78, 5) is 10.2. The van der Waals surface area contributed by atoms with E-state index in [1.54, 1.807) is 6.07 Å². The molecule has 1 heterocycles. The zero-order valence-corrected chi connectivity index (χ0v) is 9.46. The highest BCUT2D eigenvalue weighted by molar-refractivity contribution is 9.10. The van der Waals surface area contributed by atoms with Crippen LogP contribution in [0.3, 0.4) is 0 Å². The van der Waals surface area contributed by atoms with E-state index < -0.39 is 4.92 Å². The lowest BCUT2D eigenvalue weighted by atomic mass is 10.2. The van der Waals surface area contributed by atoms with Crippen LogP contribution in [0.25, 0.3) is 10.9 Å². The van der Waals surface area contributed by atoms with Crippen LogP contribution in [0.5, 0.6) is 0 Å². The lowest BCUT2D eigenvalue weighted by molar-refractivity contribution is -0.383. The van der Waals surface area contributed by atoms with E-state index in [0.29, 0.717) is 9.86 Å². The molecule has 0 saturated carbocycles. The Kier molecular flexibility index (Phi) is 2.28. The summed E-state index contributed by atoms with van der Waals surface area (Å²) in [5.74, 6) is 0.200. The van der Waals surface area contributed by atoms with Gasteiger partial charge in [-0.1, -0.05) is 11.6 Å². The van der Waals surface area contributed by atoms with Gasteiger partial charge in [-0.05, 0) is 22.0 Å². The molecule has 2 aromatic rings. The van der Waals surface area contributed by atoms with Crippen LogP contribution in [0.1, 0.15) is 0 Å². The van der Waals surface area contributed by atoms with Crippen molar-refractivity contribution in [2.45, 2.75) is 0 Å². The summed E-state index contributed by atoms with van der Waals surface area (Å²) in [6.45, 7) is 0. The number of anilines is 1. The van der Waals surface area contributed by atoms with E-state index in [1.807, 2.05) is 0 Å². The Balaban J connectivity index is 2.97. The minimum absolute atomic E-state index is 0.0242. The minimum Gasteiger partial charge on any atom is -0.382 e. The quantitative estimate of drug-likeness (QED) is 0.623. The van der Waals surface area contributed by atoms with Gasteiger partial charge in [-0.2, -0.15) is 5.10 Å². The molecule has 1 aromatic heterocycles. The third kappa shape index (κ3) is 1.44. The molecule has 0 bridgehead atoms. The summed E-state index contributed by atoms with van der Waals surface area (Å²) in [6, 6.07) is 1.59. The topological polar surface area (TPSA) is 97.8 Å². The van der Waals surface area contributed by atoms with Gasteiger partial charge in [0.25, 0.3) is 0 Å². The number of nitro groups is 1. The van der Waals surface area contributed by atoms with Gasteiger partial charge in [0.2, 0.25) is 0 Å². The largest absolute Gasteiger partial charge is 0.382 e. The van der Waals surface area contributed by atoms with Crippen molar-refractivity contribution in [2.24, 2.45) is 0 Å². The number of rotatable bonds is 1. The number of halogens is 2. The lowest BCUT2D eigenvalue weighted by Gasteiger charge is -1.99. The van der Waals surface area contributed by atoms with Crippen molar-refractivity contribution in [3.05, 3.63) is 25.7 Å². The molecule has 78 valence electrons. The third-order valence-corrected chi connectivity index (χ3v) is 3.18. The molecule has 3 N–H and O–H groups in total. The fraction of sp³-hybridized carbons (Fsp3) is 0. The number of nitrogens with one attached hydrogen (secondary N) is 1. The van der Waals surface area contributed by atoms with Gasteiger partial charge in [0, 0.05) is 4.47 Å². The number of nitrogens with zero attached hydrogens (tertiary/aromatic N) is 2. The molecule has 0 unspecified atom stereocenters. The molecular weight excluding hydrogens is 287 g/mol. The van der Waals surface area contributed by atoms with Gasteiger partial charge >= 0.3 is 5.69 Å². The molecule has 0 fully saturated rings. The second-order valence-corrected chi connectivity index (χ2v) is 4.04. The van der Waals surface area contributed by atoms with Gasteiger partial charge in [0.05, 0.1) is 10.3 Å². The molecule has 1 aromatic carbocycles. The van der Waals surface area contributed by atoms with Gasteiger partial charge in [-0.15, -0.1) is 0 Å². The van der Waals surface area contributed by atoms with Crippen molar-refractivity contribution >= 4 is 49.9 Å². The van der Waals surface area contributed by atoms with Crippen LogP contribution >= 0.6 is 27.5 Å². The molecule has 15 heavy (non-hydrogen) atoms. The Morgan fingerprint density at radius 2 is 2.33 bits per heavy atom. The molecule has 0 aliphatic carbocycles. The molecule has 0 aliphatic heterocycles. The predicted octanol–water partition coefficient (Wildman–Crippen LogP) is 2.47. The molecule has 0 amide bonds. The van der Waals surface area contributed by atoms with E-state index >= 15 is 0 Å². The summed E-state index contributed by atoms with van der Waals surface area (Å²) in [5, 5.41) is 17.5. The maximum Gasteiger partial charge on any atom is 0.314 e. The van der Waals surface area contributed by atoms with Crippen LogP contribution in [0, 0.1) is 10.1 Å². The SMILES string of the molecule is Nc1n[nH]c2c([N+](=O)[O-])c(Cl)c(Br)cc12. The molecule has 0 atom stereocenters. The molecule has 6 nitrogen and oxygen atoms in total. The molecular formula is C7H4BrClN4O2. The number of aromatic nitrogens is 2. The highest BCUT2D eigenvalue weighted by Gasteiger charge is 2.23. The number of aromatic amines is 1. The zero-order valence-electron chi connectivity index (χ0n) is 7.12. The smallest absolute Gasteiger partial charge is 0.314 e. The fourth-order valence-electron chi connectivity index (χ4n) is 1.28. The highest BCUT2D eigenvalue weighted by atomic mass is 79.9. The minimum atomic E-state index is -0.576. The van der Waals surface area contributed by atoms with E-state index in [1.165, 1.54) is 0 Å². The second kappa shape index (κ2) is 3.35. The average Bonchev–Trinajstić information content (AvgIpc) is 2.49. The zero-order chi connectivity index (χ0) is 11.2. The maximum absolute atomic E-state index is 10.8. The van der Waals surface area contributed by atoms with E-state index in [2.05, 4.69) is 26.1 Å². The van der Waals surface area contributed by atoms with Gasteiger partial charge in [0.15, 0.2) is 5.82 Å². The first-order chi connectivity index (χ1) is 7.02. The first-order valence-corrected chi connectivity index (χ1v) is 4.95. The van der Waals surface area contributed by atoms with Crippen LogP contribution in [0.15, 0.2) is 10.5 Å². The maximum atomic E-state index is 10.8. The Hall–Kier alpha value is -1.34. The van der Waals surface area contributed by atoms with Crippen molar-refractivity contribution in [3.8, 4) is 0 Å². The molecule has 8 heteroatoms. The third-order valence-electron chi connectivity index (χ3n) is 1.94. The molecule has 0 radical (unpaired) electrons. The first kappa shape index (κ1) is 10.2. The van der Waals surface area contributed by atoms with E-state index in [0.717, 1.165) is 0 Å². The number of fused-ring (bicyclic) bond motifs is 1. The number of nitro benzene ring substituents is 1. The number of H-pyrrole nitrogens is 1. The highest BCUT2D eigenvalue weighted by Crippen LogP contribution is 2.39. The van der Waals surface area contributed by atoms with Crippen LogP contribution in [-0.2, 0) is 0 Å². The molecule has 2 rings (SSSR count). The van der Waals surface area contributed by atoms with E-state index in [-0.39, 0.29) is 22.0 Å². The summed E-state index contributed by atoms with van der Waals surface area (Å²) in [5.41, 5.74) is 5.53. The van der Waals surface area contributed by atoms with Crippen molar-refractivity contribution in [2.75, 3.05) is 5.73 Å². The number of hydrogen-bond donors (Lipinski definition) is 2. The molecule has 0 spiro atoms. The van der Waals surface area contributed by atoms with Crippen LogP contribution in [-0.4, -0.2) is 15.1 Å². The standard InChI is InChI=1S/C7H4BrClN4O2/c8-3-1-2-5(11-12-7(2)10)6(4(3)9)13(14)15/h1H,(H3,10,11,12). The number of benzene rings is 1. The first-order valence-electron chi connectivity index (χ1n) is 3.78. The number of nitrogen functional groups attached to an aromatic ring is 1. The monoisotopic (exact) mass is 290 g/mol. The van der Waals surface area contributed by atoms with Crippen molar-refractivity contribution in [3.63, 3.8) is 0 Å². The van der Waals surface area contributed by atoms with Gasteiger partial charge < -0.3 is 5.73 Å². The Labute approximate surface area is 96.7 Å². The van der Waals surface area contributed by atoms with Crippen molar-refractivity contribution in [1.29, 1.82) is 0 Å². The van der Waals surface area contributed by atoms with E-state index in [9.17, 15) is 10.1 Å². The van der Waals surface area contributed by atoms with Crippen molar-refractivity contribution < 1.29 is 4.92 Å². The fourth-order valence-corrected chi connectivity index (χ4v) is 1.91. The number of nitrogens with two attached hydrogens (primary N) is 1. The van der Waals surface area contributed by atoms with Gasteiger partial charge in [-0.25, -0.2) is 0 Å². The van der Waals surface area contributed by atoms with E-state index in [4.69, 9.17) is 17.3 Å². The van der Waals surface area contributed by atoms with Gasteiger partial charge in [0.1, 0.15) is 10.5 Å².